The molecule has 0 aliphatic rings. The van der Waals surface area contributed by atoms with E-state index in [1.54, 1.807) is 13.4 Å². The molecule has 0 aliphatic heterocycles. The van der Waals surface area contributed by atoms with Crippen molar-refractivity contribution < 1.29 is 32.1 Å². The van der Waals surface area contributed by atoms with Gasteiger partial charge in [0.15, 0.2) is 5.69 Å². The Kier molecular flexibility index (Phi) is 5.56. The van der Waals surface area contributed by atoms with Crippen LogP contribution >= 0.6 is 11.3 Å². The molecule has 0 unspecified atom stereocenters. The van der Waals surface area contributed by atoms with Crippen LogP contribution in [0.2, 0.25) is 0 Å². The summed E-state index contributed by atoms with van der Waals surface area (Å²) in [5.74, 6) is -2.91. The summed E-state index contributed by atoms with van der Waals surface area (Å²) in [6, 6.07) is 2.90. The summed E-state index contributed by atoms with van der Waals surface area (Å²) in [7, 11) is -2.59. The summed E-state index contributed by atoms with van der Waals surface area (Å²) in [4.78, 5) is 26.2. The smallest absolute Gasteiger partial charge is 0.357 e. The lowest BCUT2D eigenvalue weighted by molar-refractivity contribution is -0.684. The maximum atomic E-state index is 14.3. The van der Waals surface area contributed by atoms with Crippen LogP contribution in [0, 0.1) is 5.82 Å². The van der Waals surface area contributed by atoms with Crippen LogP contribution in [-0.4, -0.2) is 40.2 Å². The number of hydrogen-bond acceptors (Lipinski definition) is 7. The lowest BCUT2D eigenvalue weighted by Gasteiger charge is -2.09. The Morgan fingerprint density at radius 2 is 2.14 bits per heavy atom. The molecule has 0 aliphatic carbocycles. The molecule has 3 N–H and O–H groups in total. The van der Waals surface area contributed by atoms with Gasteiger partial charge in [-0.2, -0.15) is 0 Å². The Hall–Kier alpha value is -3.39. The van der Waals surface area contributed by atoms with Gasteiger partial charge in [-0.1, -0.05) is 0 Å². The summed E-state index contributed by atoms with van der Waals surface area (Å²) in [6.45, 7) is -0.113. The number of halogens is 1. The van der Waals surface area contributed by atoms with Crippen molar-refractivity contribution in [2.45, 2.75) is 11.4 Å². The number of aromatic nitrogens is 4. The maximum Gasteiger partial charge on any atom is 0.357 e. The number of nitrogens with zero attached hydrogens (tertiary/aromatic N) is 4. The summed E-state index contributed by atoms with van der Waals surface area (Å²) in [5, 5.41) is 15.0. The molecule has 152 valence electrons. The molecule has 0 atom stereocenters. The molecule has 3 rings (SSSR count). The fraction of sp³-hybridized carbons (Fsp3) is 0.133. The van der Waals surface area contributed by atoms with Crippen molar-refractivity contribution in [2.75, 3.05) is 10.0 Å². The van der Waals surface area contributed by atoms with E-state index in [1.807, 2.05) is 0 Å². The second kappa shape index (κ2) is 7.92. The molecule has 0 bridgehead atoms. The predicted octanol–water partition coefficient (Wildman–Crippen LogP) is 0.441. The number of benzene rings is 1. The van der Waals surface area contributed by atoms with E-state index in [2.05, 4.69) is 20.1 Å². The number of carbonyl (C=O) groups excluding carboxylic acids is 1. The van der Waals surface area contributed by atoms with Gasteiger partial charge in [0.25, 0.3) is 22.3 Å². The average Bonchev–Trinajstić information content (AvgIpc) is 3.25. The van der Waals surface area contributed by atoms with E-state index in [0.29, 0.717) is 0 Å². The fourth-order valence-electron chi connectivity index (χ4n) is 2.28. The molecule has 1 aromatic carbocycles. The average molecular weight is 441 g/mol. The molecule has 2 aromatic heterocycles. The highest BCUT2D eigenvalue weighted by Gasteiger charge is 2.22. The summed E-state index contributed by atoms with van der Waals surface area (Å²) in [6.07, 6.45) is 2.98. The number of thiazole rings is 1. The van der Waals surface area contributed by atoms with Crippen molar-refractivity contribution in [2.24, 2.45) is 7.05 Å². The van der Waals surface area contributed by atoms with Crippen molar-refractivity contribution in [3.63, 3.8) is 0 Å². The molecular formula is C15H14FN6O5S2+. The standard InChI is InChI=1S/C15H13FN6O5S2/c1-21-8-22(6-18-21)5-12(23)19-11-3-2-9(4-10(11)16)29(26,27)20-14-13(15(24)25)17-7-28-14/h2-4,6-8,20H,5H2,1H3,(H-,19,23,24,25)/p+1. The molecule has 0 saturated heterocycles. The Balaban J connectivity index is 1.75. The third-order valence-electron chi connectivity index (χ3n) is 3.55. The first-order valence-electron chi connectivity index (χ1n) is 7.82. The number of amides is 1. The van der Waals surface area contributed by atoms with E-state index in [-0.39, 0.29) is 17.2 Å². The van der Waals surface area contributed by atoms with Crippen LogP contribution in [0.3, 0.4) is 0 Å². The number of aromatic carboxylic acids is 1. The number of aryl methyl sites for hydroxylation is 1. The molecule has 2 heterocycles. The van der Waals surface area contributed by atoms with Gasteiger partial charge in [0.1, 0.15) is 17.4 Å². The Morgan fingerprint density at radius 3 is 2.76 bits per heavy atom. The van der Waals surface area contributed by atoms with E-state index in [9.17, 15) is 22.4 Å². The molecule has 14 heteroatoms. The number of anilines is 2. The summed E-state index contributed by atoms with van der Waals surface area (Å²) < 4.78 is 44.2. The van der Waals surface area contributed by atoms with Crippen LogP contribution in [0.1, 0.15) is 10.5 Å². The fourth-order valence-corrected chi connectivity index (χ4v) is 4.28. The molecule has 0 spiro atoms. The minimum atomic E-state index is -4.26. The van der Waals surface area contributed by atoms with Crippen molar-refractivity contribution in [1.82, 2.24) is 14.8 Å². The van der Waals surface area contributed by atoms with E-state index >= 15 is 0 Å². The highest BCUT2D eigenvalue weighted by molar-refractivity contribution is 7.93. The van der Waals surface area contributed by atoms with Gasteiger partial charge < -0.3 is 10.4 Å². The molecule has 29 heavy (non-hydrogen) atoms. The van der Waals surface area contributed by atoms with Crippen LogP contribution in [0.5, 0.6) is 0 Å². The topological polar surface area (TPSA) is 147 Å². The zero-order chi connectivity index (χ0) is 21.2. The first-order chi connectivity index (χ1) is 13.7. The predicted molar refractivity (Wildman–Crippen MR) is 98.3 cm³/mol. The quantitative estimate of drug-likeness (QED) is 0.451. The summed E-state index contributed by atoms with van der Waals surface area (Å²) >= 11 is 0.776. The number of carboxylic acids is 1. The number of carbonyl (C=O) groups is 2. The number of sulfonamides is 1. The Bertz CT molecular complexity index is 1190. The zero-order valence-corrected chi connectivity index (χ0v) is 16.4. The van der Waals surface area contributed by atoms with Gasteiger partial charge >= 0.3 is 5.97 Å². The maximum absolute atomic E-state index is 14.3. The Labute approximate surface area is 167 Å². The summed E-state index contributed by atoms with van der Waals surface area (Å²) in [5.41, 5.74) is 0.499. The zero-order valence-electron chi connectivity index (χ0n) is 14.7. The highest BCUT2D eigenvalue weighted by atomic mass is 32.2. The molecule has 1 amide bonds. The molecule has 0 saturated carbocycles. The van der Waals surface area contributed by atoms with Crippen LogP contribution in [-0.2, 0) is 28.4 Å². The van der Waals surface area contributed by atoms with E-state index < -0.39 is 38.3 Å². The van der Waals surface area contributed by atoms with E-state index in [4.69, 9.17) is 5.11 Å². The lowest BCUT2D eigenvalue weighted by Crippen LogP contribution is -2.38. The second-order valence-electron chi connectivity index (χ2n) is 5.72. The Morgan fingerprint density at radius 1 is 1.38 bits per heavy atom. The largest absolute Gasteiger partial charge is 0.476 e. The normalized spacial score (nSPS) is 11.2. The van der Waals surface area contributed by atoms with Crippen LogP contribution in [0.15, 0.2) is 41.3 Å². The molecule has 0 fully saturated rings. The lowest BCUT2D eigenvalue weighted by atomic mass is 10.3. The minimum absolute atomic E-state index is 0.113. The SMILES string of the molecule is Cn1c[n+](CC(=O)Nc2ccc(S(=O)(=O)Nc3scnc3C(=O)O)cc2F)cn1. The number of rotatable bonds is 7. The number of hydrogen-bond donors (Lipinski definition) is 3. The third-order valence-corrected chi connectivity index (χ3v) is 5.76. The number of nitrogens with one attached hydrogen (secondary N) is 2. The molecular weight excluding hydrogens is 427 g/mol. The molecule has 11 nitrogen and oxygen atoms in total. The van der Waals surface area contributed by atoms with Crippen molar-refractivity contribution in [1.29, 1.82) is 0 Å². The monoisotopic (exact) mass is 441 g/mol. The van der Waals surface area contributed by atoms with Crippen LogP contribution < -0.4 is 14.6 Å². The first-order valence-corrected chi connectivity index (χ1v) is 10.2. The van der Waals surface area contributed by atoms with Crippen molar-refractivity contribution >= 4 is 43.9 Å². The number of carboxylic acid groups (broad SMARTS) is 1. The van der Waals surface area contributed by atoms with Gasteiger partial charge in [-0.15, -0.1) is 16.0 Å². The van der Waals surface area contributed by atoms with Crippen LogP contribution in [0.25, 0.3) is 0 Å². The van der Waals surface area contributed by atoms with Gasteiger partial charge in [-0.3, -0.25) is 9.52 Å². The van der Waals surface area contributed by atoms with Gasteiger partial charge in [-0.25, -0.2) is 27.2 Å². The highest BCUT2D eigenvalue weighted by Crippen LogP contribution is 2.25. The van der Waals surface area contributed by atoms with Gasteiger partial charge in [-0.05, 0) is 18.2 Å². The third kappa shape index (κ3) is 4.72. The van der Waals surface area contributed by atoms with E-state index in [0.717, 1.165) is 29.5 Å². The molecule has 0 radical (unpaired) electrons. The van der Waals surface area contributed by atoms with Crippen molar-refractivity contribution in [3.05, 3.63) is 47.9 Å². The molecule has 3 aromatic rings. The van der Waals surface area contributed by atoms with Crippen LogP contribution in [0.4, 0.5) is 15.1 Å². The first kappa shape index (κ1) is 20.3. The van der Waals surface area contributed by atoms with Gasteiger partial charge in [0.2, 0.25) is 6.33 Å². The minimum Gasteiger partial charge on any atom is -0.476 e. The van der Waals surface area contributed by atoms with E-state index in [1.165, 1.54) is 21.1 Å². The van der Waals surface area contributed by atoms with Gasteiger partial charge in [0.05, 0.1) is 23.1 Å². The van der Waals surface area contributed by atoms with Gasteiger partial charge in [0, 0.05) is 5.10 Å². The van der Waals surface area contributed by atoms with Crippen molar-refractivity contribution in [3.8, 4) is 0 Å². The second-order valence-corrected chi connectivity index (χ2v) is 8.26.